The first-order valence-corrected chi connectivity index (χ1v) is 14.1. The van der Waals surface area contributed by atoms with Crippen molar-refractivity contribution in [1.82, 2.24) is 10.2 Å². The second-order valence-electron chi connectivity index (χ2n) is 9.97. The van der Waals surface area contributed by atoms with Gasteiger partial charge >= 0.3 is 12.0 Å². The van der Waals surface area contributed by atoms with E-state index in [4.69, 9.17) is 27.9 Å². The number of fused-ring (bicyclic) bond motifs is 1. The van der Waals surface area contributed by atoms with E-state index in [9.17, 15) is 22.8 Å². The van der Waals surface area contributed by atoms with Crippen molar-refractivity contribution in [2.75, 3.05) is 41.9 Å². The van der Waals surface area contributed by atoms with Crippen molar-refractivity contribution in [3.8, 4) is 0 Å². The molecular formula is C25H28Cl2N4O6S. The SMILES string of the molecule is CC(C)(C)OC(=O)CN(c1ccc2c(c1)CCN2C(=O)N1CCNC(=O)C1)S(=O)(=O)c1cc(Cl)cc(Cl)c1. The van der Waals surface area contributed by atoms with Gasteiger partial charge in [-0.15, -0.1) is 0 Å². The molecule has 0 radical (unpaired) electrons. The molecule has 4 rings (SSSR count). The molecule has 13 heteroatoms. The quantitative estimate of drug-likeness (QED) is 0.540. The second kappa shape index (κ2) is 10.6. The van der Waals surface area contributed by atoms with Crippen LogP contribution in [0.25, 0.3) is 0 Å². The van der Waals surface area contributed by atoms with Crippen LogP contribution < -0.4 is 14.5 Å². The predicted octanol–water partition coefficient (Wildman–Crippen LogP) is 3.44. The molecule has 1 saturated heterocycles. The maximum Gasteiger partial charge on any atom is 0.327 e. The number of rotatable bonds is 5. The van der Waals surface area contributed by atoms with Gasteiger partial charge in [0.2, 0.25) is 5.91 Å². The zero-order chi connectivity index (χ0) is 27.8. The van der Waals surface area contributed by atoms with Crippen LogP contribution >= 0.6 is 23.2 Å². The van der Waals surface area contributed by atoms with E-state index in [1.807, 2.05) is 0 Å². The number of sulfonamides is 1. The maximum atomic E-state index is 13.7. The molecular weight excluding hydrogens is 555 g/mol. The van der Waals surface area contributed by atoms with Gasteiger partial charge in [-0.05, 0) is 69.2 Å². The smallest absolute Gasteiger partial charge is 0.327 e. The highest BCUT2D eigenvalue weighted by Crippen LogP contribution is 2.35. The average Bonchev–Trinajstić information content (AvgIpc) is 3.23. The zero-order valence-electron chi connectivity index (χ0n) is 21.2. The lowest BCUT2D eigenvalue weighted by Gasteiger charge is -2.31. The van der Waals surface area contributed by atoms with Crippen molar-refractivity contribution in [1.29, 1.82) is 0 Å². The van der Waals surface area contributed by atoms with E-state index in [2.05, 4.69) is 5.32 Å². The molecule has 1 N–H and O–H groups in total. The van der Waals surface area contributed by atoms with Gasteiger partial charge in [-0.3, -0.25) is 18.8 Å². The summed E-state index contributed by atoms with van der Waals surface area (Å²) >= 11 is 12.1. The monoisotopic (exact) mass is 582 g/mol. The van der Waals surface area contributed by atoms with Crippen LogP contribution in [0, 0.1) is 0 Å². The van der Waals surface area contributed by atoms with Crippen LogP contribution in [0.2, 0.25) is 10.0 Å². The summed E-state index contributed by atoms with van der Waals surface area (Å²) in [5.74, 6) is -0.960. The molecule has 1 fully saturated rings. The highest BCUT2D eigenvalue weighted by atomic mass is 35.5. The molecule has 0 unspecified atom stereocenters. The molecule has 38 heavy (non-hydrogen) atoms. The highest BCUT2D eigenvalue weighted by Gasteiger charge is 2.34. The van der Waals surface area contributed by atoms with Crippen LogP contribution in [0.15, 0.2) is 41.3 Å². The zero-order valence-corrected chi connectivity index (χ0v) is 23.5. The standard InChI is InChI=1S/C25H28Cl2N4O6S/c1-25(2,3)37-23(33)15-31(38(35,36)20-12-17(26)11-18(27)13-20)19-4-5-21-16(10-19)6-8-30(21)24(34)29-9-7-28-22(32)14-29/h4-5,10-13H,6-9,14-15H2,1-3H3,(H,28,32). The number of carbonyl (C=O) groups excluding carboxylic acids is 3. The largest absolute Gasteiger partial charge is 0.459 e. The molecule has 3 amide bonds. The fraction of sp³-hybridized carbons (Fsp3) is 0.400. The first-order valence-electron chi connectivity index (χ1n) is 11.9. The number of ether oxygens (including phenoxy) is 1. The minimum absolute atomic E-state index is 0.0210. The van der Waals surface area contributed by atoms with Gasteiger partial charge in [0, 0.05) is 35.4 Å². The number of urea groups is 1. The number of nitrogens with one attached hydrogen (secondary N) is 1. The summed E-state index contributed by atoms with van der Waals surface area (Å²) in [5.41, 5.74) is 0.740. The number of esters is 1. The number of hydrogen-bond donors (Lipinski definition) is 1. The van der Waals surface area contributed by atoms with E-state index in [-0.39, 0.29) is 39.1 Å². The van der Waals surface area contributed by atoms with E-state index in [0.29, 0.717) is 31.7 Å². The van der Waals surface area contributed by atoms with E-state index in [0.717, 1.165) is 9.87 Å². The van der Waals surface area contributed by atoms with Crippen molar-refractivity contribution >= 4 is 62.5 Å². The molecule has 2 aliphatic heterocycles. The van der Waals surface area contributed by atoms with Crippen LogP contribution in [0.3, 0.4) is 0 Å². The summed E-state index contributed by atoms with van der Waals surface area (Å²) < 4.78 is 33.8. The van der Waals surface area contributed by atoms with Crippen molar-refractivity contribution in [2.24, 2.45) is 0 Å². The number of piperazine rings is 1. The Bertz CT molecular complexity index is 1370. The third-order valence-electron chi connectivity index (χ3n) is 5.90. The lowest BCUT2D eigenvalue weighted by atomic mass is 10.1. The molecule has 10 nitrogen and oxygen atoms in total. The van der Waals surface area contributed by atoms with E-state index >= 15 is 0 Å². The van der Waals surface area contributed by atoms with Gasteiger partial charge in [-0.2, -0.15) is 0 Å². The summed E-state index contributed by atoms with van der Waals surface area (Å²) in [7, 11) is -4.29. The lowest BCUT2D eigenvalue weighted by molar-refractivity contribution is -0.152. The van der Waals surface area contributed by atoms with E-state index < -0.39 is 28.1 Å². The molecule has 0 aromatic heterocycles. The summed E-state index contributed by atoms with van der Waals surface area (Å²) in [5, 5.41) is 2.95. The maximum absolute atomic E-state index is 13.7. The van der Waals surface area contributed by atoms with Gasteiger partial charge in [-0.25, -0.2) is 13.2 Å². The van der Waals surface area contributed by atoms with E-state index in [1.54, 1.807) is 37.8 Å². The average molecular weight is 583 g/mol. The van der Waals surface area contributed by atoms with Gasteiger partial charge < -0.3 is 15.0 Å². The van der Waals surface area contributed by atoms with Crippen molar-refractivity contribution < 1.29 is 27.5 Å². The summed E-state index contributed by atoms with van der Waals surface area (Å²) in [6.07, 6.45) is 0.471. The van der Waals surface area contributed by atoms with Crippen LogP contribution in [-0.2, 0) is 30.8 Å². The molecule has 2 heterocycles. The molecule has 0 saturated carbocycles. The molecule has 204 valence electrons. The second-order valence-corrected chi connectivity index (χ2v) is 12.7. The molecule has 2 aliphatic rings. The fourth-order valence-corrected chi connectivity index (χ4v) is 6.45. The van der Waals surface area contributed by atoms with Gasteiger partial charge in [-0.1, -0.05) is 23.2 Å². The topological polar surface area (TPSA) is 116 Å². The van der Waals surface area contributed by atoms with Crippen LogP contribution in [0.5, 0.6) is 0 Å². The van der Waals surface area contributed by atoms with E-state index in [1.165, 1.54) is 29.2 Å². The Balaban J connectivity index is 1.69. The first kappa shape index (κ1) is 28.0. The van der Waals surface area contributed by atoms with Crippen LogP contribution in [0.1, 0.15) is 26.3 Å². The minimum atomic E-state index is -4.29. The molecule has 0 atom stereocenters. The molecule has 2 aromatic carbocycles. The normalized spacial score (nSPS) is 15.7. The molecule has 0 bridgehead atoms. The van der Waals surface area contributed by atoms with Crippen LogP contribution in [-0.4, -0.2) is 69.6 Å². The number of hydrogen-bond acceptors (Lipinski definition) is 6. The van der Waals surface area contributed by atoms with Crippen LogP contribution in [0.4, 0.5) is 16.2 Å². The van der Waals surface area contributed by atoms with Crippen molar-refractivity contribution in [2.45, 2.75) is 37.7 Å². The highest BCUT2D eigenvalue weighted by molar-refractivity contribution is 7.92. The minimum Gasteiger partial charge on any atom is -0.459 e. The lowest BCUT2D eigenvalue weighted by Crippen LogP contribution is -2.53. The Morgan fingerprint density at radius 1 is 1.08 bits per heavy atom. The molecule has 0 spiro atoms. The number of carbonyl (C=O) groups is 3. The molecule has 2 aromatic rings. The summed E-state index contributed by atoms with van der Waals surface area (Å²) in [6.45, 7) is 5.61. The number of benzene rings is 2. The Kier molecular flexibility index (Phi) is 7.83. The summed E-state index contributed by atoms with van der Waals surface area (Å²) in [6, 6.07) is 8.44. The Labute approximate surface area is 231 Å². The number of nitrogens with zero attached hydrogens (tertiary/aromatic N) is 3. The third-order valence-corrected chi connectivity index (χ3v) is 8.09. The fourth-order valence-electron chi connectivity index (χ4n) is 4.33. The number of anilines is 2. The third kappa shape index (κ3) is 6.16. The molecule has 0 aliphatic carbocycles. The van der Waals surface area contributed by atoms with Gasteiger partial charge in [0.05, 0.1) is 10.6 Å². The summed E-state index contributed by atoms with van der Waals surface area (Å²) in [4.78, 5) is 40.5. The van der Waals surface area contributed by atoms with Crippen molar-refractivity contribution in [3.05, 3.63) is 52.0 Å². The first-order chi connectivity index (χ1) is 17.7. The van der Waals surface area contributed by atoms with Gasteiger partial charge in [0.15, 0.2) is 0 Å². The Morgan fingerprint density at radius 3 is 2.39 bits per heavy atom. The number of amides is 3. The Hall–Kier alpha value is -3.02. The van der Waals surface area contributed by atoms with Gasteiger partial charge in [0.25, 0.3) is 10.0 Å². The predicted molar refractivity (Wildman–Crippen MR) is 144 cm³/mol. The Morgan fingerprint density at radius 2 is 1.76 bits per heavy atom. The van der Waals surface area contributed by atoms with Crippen molar-refractivity contribution in [3.63, 3.8) is 0 Å². The number of halogens is 2. The van der Waals surface area contributed by atoms with Gasteiger partial charge in [0.1, 0.15) is 18.7 Å².